The van der Waals surface area contributed by atoms with Crippen LogP contribution in [0.4, 0.5) is 0 Å². The zero-order valence-corrected chi connectivity index (χ0v) is 37.7. The van der Waals surface area contributed by atoms with E-state index in [0.717, 1.165) is 44.9 Å². The highest BCUT2D eigenvalue weighted by Crippen LogP contribution is 2.23. The number of aliphatic hydroxyl groups is 6. The Kier molecular flexibility index (Phi) is 37.1. The summed E-state index contributed by atoms with van der Waals surface area (Å²) in [6, 6.07) is -0.984. The third-order valence-electron chi connectivity index (χ3n) is 12.3. The van der Waals surface area contributed by atoms with Crippen molar-refractivity contribution in [1.29, 1.82) is 0 Å². The molecule has 0 aromatic carbocycles. The van der Waals surface area contributed by atoms with Gasteiger partial charge >= 0.3 is 0 Å². The Morgan fingerprint density at radius 3 is 1.28 bits per heavy atom. The number of carbonyl (C=O) groups is 1. The Bertz CT molecular complexity index is 895. The van der Waals surface area contributed by atoms with Gasteiger partial charge in [0, 0.05) is 6.42 Å². The van der Waals surface area contributed by atoms with Gasteiger partial charge in [0.2, 0.25) is 5.91 Å². The molecule has 0 aliphatic carbocycles. The van der Waals surface area contributed by atoms with E-state index in [-0.39, 0.29) is 18.9 Å². The maximum absolute atomic E-state index is 13.0. The van der Waals surface area contributed by atoms with E-state index in [0.29, 0.717) is 6.42 Å². The molecule has 8 atom stereocenters. The molecule has 10 heteroatoms. The largest absolute Gasteiger partial charge is 0.394 e. The van der Waals surface area contributed by atoms with Crippen molar-refractivity contribution in [2.24, 2.45) is 0 Å². The maximum atomic E-state index is 13.0. The molecule has 2 unspecified atom stereocenters. The van der Waals surface area contributed by atoms with Crippen LogP contribution in [0.15, 0.2) is 0 Å². The third-order valence-corrected chi connectivity index (χ3v) is 12.3. The molecule has 0 aromatic rings. The number of aliphatic hydroxyl groups excluding tert-OH is 6. The topological polar surface area (TPSA) is 169 Å². The summed E-state index contributed by atoms with van der Waals surface area (Å²) < 4.78 is 11.2. The minimum atomic E-state index is -1.60. The zero-order valence-electron chi connectivity index (χ0n) is 37.7. The van der Waals surface area contributed by atoms with Crippen molar-refractivity contribution in [1.82, 2.24) is 5.32 Å². The fraction of sp³-hybridized carbons (Fsp3) is 0.979. The normalized spacial score (nSPS) is 21.3. The van der Waals surface area contributed by atoms with Crippen LogP contribution in [0.1, 0.15) is 239 Å². The molecule has 0 aromatic heterocycles. The van der Waals surface area contributed by atoms with Crippen molar-refractivity contribution in [3.05, 3.63) is 0 Å². The summed E-state index contributed by atoms with van der Waals surface area (Å²) in [7, 11) is 0. The summed E-state index contributed by atoms with van der Waals surface area (Å²) >= 11 is 0. The van der Waals surface area contributed by atoms with Crippen LogP contribution in [0.25, 0.3) is 0 Å². The average Bonchev–Trinajstić information content (AvgIpc) is 3.22. The van der Waals surface area contributed by atoms with Gasteiger partial charge in [0.25, 0.3) is 0 Å². The maximum Gasteiger partial charge on any atom is 0.220 e. The molecule has 346 valence electrons. The van der Waals surface area contributed by atoms with Gasteiger partial charge in [-0.2, -0.15) is 0 Å². The highest BCUT2D eigenvalue weighted by atomic mass is 16.7. The number of rotatable bonds is 42. The highest BCUT2D eigenvalue weighted by Gasteiger charge is 2.44. The van der Waals surface area contributed by atoms with E-state index in [1.807, 2.05) is 0 Å². The second-order valence-electron chi connectivity index (χ2n) is 17.8. The molecule has 1 aliphatic rings. The summed E-state index contributed by atoms with van der Waals surface area (Å²) in [5.41, 5.74) is 0. The molecule has 1 amide bonds. The summed E-state index contributed by atoms with van der Waals surface area (Å²) in [5.74, 6) is -0.253. The van der Waals surface area contributed by atoms with Gasteiger partial charge in [-0.1, -0.05) is 219 Å². The number of ether oxygens (including phenoxy) is 2. The smallest absolute Gasteiger partial charge is 0.220 e. The van der Waals surface area contributed by atoms with E-state index >= 15 is 0 Å². The molecule has 0 bridgehead atoms. The first kappa shape index (κ1) is 55.2. The Hall–Kier alpha value is -0.850. The fourth-order valence-electron chi connectivity index (χ4n) is 8.26. The van der Waals surface area contributed by atoms with Crippen LogP contribution < -0.4 is 5.32 Å². The summed E-state index contributed by atoms with van der Waals surface area (Å²) in [6.07, 6.45) is 32.6. The minimum absolute atomic E-state index is 0.253. The zero-order chi connectivity index (χ0) is 42.5. The van der Waals surface area contributed by atoms with Crippen molar-refractivity contribution in [2.75, 3.05) is 13.2 Å². The second kappa shape index (κ2) is 39.0. The Labute approximate surface area is 356 Å². The SMILES string of the molecule is CCCCCCCCCCCCCCCCCCCCCCCCC(=O)N[C@@H](CO[C@@H]1O[C@H](CO)[C@H](O)C(O)C1O)[C@H](O)[C@H](O)CCCCCCCCCCCCC. The number of unbranched alkanes of at least 4 members (excludes halogenated alkanes) is 31. The van der Waals surface area contributed by atoms with Crippen LogP contribution in [0.2, 0.25) is 0 Å². The van der Waals surface area contributed by atoms with Gasteiger partial charge in [0.15, 0.2) is 6.29 Å². The first-order valence-electron chi connectivity index (χ1n) is 24.8. The molecule has 1 heterocycles. The van der Waals surface area contributed by atoms with Crippen LogP contribution in [-0.2, 0) is 14.3 Å². The lowest BCUT2D eigenvalue weighted by Crippen LogP contribution is -2.60. The molecule has 58 heavy (non-hydrogen) atoms. The second-order valence-corrected chi connectivity index (χ2v) is 17.8. The van der Waals surface area contributed by atoms with Crippen molar-refractivity contribution < 1.29 is 44.9 Å². The lowest BCUT2D eigenvalue weighted by atomic mass is 9.98. The lowest BCUT2D eigenvalue weighted by molar-refractivity contribution is -0.303. The number of carbonyl (C=O) groups excluding carboxylic acids is 1. The van der Waals surface area contributed by atoms with Crippen molar-refractivity contribution in [3.8, 4) is 0 Å². The third kappa shape index (κ3) is 28.6. The monoisotopic (exact) mass is 830 g/mol. The van der Waals surface area contributed by atoms with Crippen LogP contribution in [-0.4, -0.2) is 98.7 Å². The molecule has 1 saturated heterocycles. The molecular weight excluding hydrogens is 735 g/mol. The van der Waals surface area contributed by atoms with Gasteiger partial charge in [-0.05, 0) is 12.8 Å². The minimum Gasteiger partial charge on any atom is -0.394 e. The molecule has 0 spiro atoms. The van der Waals surface area contributed by atoms with Gasteiger partial charge in [0.05, 0.1) is 25.4 Å². The number of amides is 1. The first-order valence-corrected chi connectivity index (χ1v) is 24.8. The van der Waals surface area contributed by atoms with Crippen LogP contribution in [0.3, 0.4) is 0 Å². The molecular formula is C48H95NO9. The molecule has 7 N–H and O–H groups in total. The van der Waals surface area contributed by atoms with E-state index in [4.69, 9.17) is 9.47 Å². The average molecular weight is 830 g/mol. The van der Waals surface area contributed by atoms with E-state index < -0.39 is 55.6 Å². The summed E-state index contributed by atoms with van der Waals surface area (Å²) in [6.45, 7) is 3.62. The number of nitrogens with one attached hydrogen (secondary N) is 1. The van der Waals surface area contributed by atoms with Gasteiger partial charge in [-0.3, -0.25) is 4.79 Å². The van der Waals surface area contributed by atoms with Crippen LogP contribution in [0, 0.1) is 0 Å². The Morgan fingerprint density at radius 2 is 0.897 bits per heavy atom. The Balaban J connectivity index is 2.28. The van der Waals surface area contributed by atoms with E-state index in [2.05, 4.69) is 19.2 Å². The van der Waals surface area contributed by atoms with E-state index in [1.54, 1.807) is 0 Å². The Morgan fingerprint density at radius 1 is 0.534 bits per heavy atom. The van der Waals surface area contributed by atoms with Crippen LogP contribution in [0.5, 0.6) is 0 Å². The van der Waals surface area contributed by atoms with Gasteiger partial charge in [0.1, 0.15) is 30.5 Å². The quantitative estimate of drug-likeness (QED) is 0.0296. The standard InChI is InChI=1S/C48H95NO9/c1-3-5-7-9-11-13-15-16-17-18-19-20-21-22-23-24-25-27-29-31-33-35-37-43(52)49-40(39-57-48-47(56)46(55)45(54)42(38-50)58-48)44(53)41(51)36-34-32-30-28-26-14-12-10-8-6-4-2/h40-42,44-48,50-51,53-56H,3-39H2,1-2H3,(H,49,52)/t40-,41+,42+,44-,45-,46?,47?,48+/m0/s1. The molecule has 0 saturated carbocycles. The van der Waals surface area contributed by atoms with E-state index in [9.17, 15) is 35.4 Å². The number of hydrogen-bond donors (Lipinski definition) is 7. The van der Waals surface area contributed by atoms with E-state index in [1.165, 1.54) is 167 Å². The molecule has 1 fully saturated rings. The van der Waals surface area contributed by atoms with Crippen molar-refractivity contribution in [2.45, 2.75) is 288 Å². The lowest BCUT2D eigenvalue weighted by Gasteiger charge is -2.40. The summed E-state index contributed by atoms with van der Waals surface area (Å²) in [4.78, 5) is 13.0. The van der Waals surface area contributed by atoms with Crippen molar-refractivity contribution >= 4 is 5.91 Å². The highest BCUT2D eigenvalue weighted by molar-refractivity contribution is 5.76. The number of hydrogen-bond acceptors (Lipinski definition) is 9. The molecule has 10 nitrogen and oxygen atoms in total. The van der Waals surface area contributed by atoms with Gasteiger partial charge in [-0.15, -0.1) is 0 Å². The molecule has 0 radical (unpaired) electrons. The predicted octanol–water partition coefficient (Wildman–Crippen LogP) is 9.70. The van der Waals surface area contributed by atoms with Gasteiger partial charge < -0.3 is 45.4 Å². The fourth-order valence-corrected chi connectivity index (χ4v) is 8.26. The predicted molar refractivity (Wildman–Crippen MR) is 237 cm³/mol. The first-order chi connectivity index (χ1) is 28.3. The summed E-state index contributed by atoms with van der Waals surface area (Å²) in [5, 5.41) is 65.2. The molecule has 1 aliphatic heterocycles. The van der Waals surface area contributed by atoms with Crippen molar-refractivity contribution in [3.63, 3.8) is 0 Å². The van der Waals surface area contributed by atoms with Crippen LogP contribution >= 0.6 is 0 Å². The van der Waals surface area contributed by atoms with Gasteiger partial charge in [-0.25, -0.2) is 0 Å². The molecule has 1 rings (SSSR count).